The molecule has 21 heavy (non-hydrogen) atoms. The molecule has 0 atom stereocenters. The number of hydrogen-bond donors (Lipinski definition) is 1. The quantitative estimate of drug-likeness (QED) is 0.814. The molecule has 0 radical (unpaired) electrons. The minimum atomic E-state index is -1.43. The first-order valence-corrected chi connectivity index (χ1v) is 6.87. The van der Waals surface area contributed by atoms with Gasteiger partial charge in [-0.1, -0.05) is 32.0 Å². The highest BCUT2D eigenvalue weighted by molar-refractivity contribution is 5.68. The Morgan fingerprint density at radius 2 is 1.62 bits per heavy atom. The zero-order valence-electron chi connectivity index (χ0n) is 12.3. The van der Waals surface area contributed by atoms with Crippen LogP contribution in [0, 0.1) is 24.4 Å². The second-order valence-corrected chi connectivity index (χ2v) is 5.41. The molecule has 0 unspecified atom stereocenters. The van der Waals surface area contributed by atoms with Gasteiger partial charge in [0.1, 0.15) is 0 Å². The van der Waals surface area contributed by atoms with Crippen molar-refractivity contribution in [3.8, 4) is 11.1 Å². The van der Waals surface area contributed by atoms with E-state index in [1.54, 1.807) is 6.07 Å². The SMILES string of the molecule is Cc1cc(CNC(C)C)ccc1-c1ccc(F)c(F)c1F. The topological polar surface area (TPSA) is 12.0 Å². The molecule has 0 aromatic heterocycles. The van der Waals surface area contributed by atoms with Gasteiger partial charge in [-0.05, 0) is 35.7 Å². The first kappa shape index (κ1) is 15.6. The summed E-state index contributed by atoms with van der Waals surface area (Å²) in [6.07, 6.45) is 0. The number of halogens is 3. The van der Waals surface area contributed by atoms with Gasteiger partial charge in [-0.3, -0.25) is 0 Å². The fourth-order valence-corrected chi connectivity index (χ4v) is 2.19. The predicted molar refractivity (Wildman–Crippen MR) is 78.5 cm³/mol. The third kappa shape index (κ3) is 3.45. The van der Waals surface area contributed by atoms with Gasteiger partial charge >= 0.3 is 0 Å². The number of nitrogens with one attached hydrogen (secondary N) is 1. The van der Waals surface area contributed by atoms with E-state index in [1.807, 2.05) is 19.1 Å². The van der Waals surface area contributed by atoms with Crippen molar-refractivity contribution in [1.82, 2.24) is 5.32 Å². The van der Waals surface area contributed by atoms with Gasteiger partial charge in [0.2, 0.25) is 0 Å². The standard InChI is InChI=1S/C17H18F3N/c1-10(2)21-9-12-4-5-13(11(3)8-12)14-6-7-15(18)17(20)16(14)19/h4-8,10,21H,9H2,1-3H3. The van der Waals surface area contributed by atoms with Gasteiger partial charge in [0.05, 0.1) is 0 Å². The maximum Gasteiger partial charge on any atom is 0.195 e. The minimum Gasteiger partial charge on any atom is -0.310 e. The summed E-state index contributed by atoms with van der Waals surface area (Å²) >= 11 is 0. The van der Waals surface area contributed by atoms with Crippen LogP contribution in [0.2, 0.25) is 0 Å². The normalized spacial score (nSPS) is 11.2. The molecule has 0 aliphatic rings. The van der Waals surface area contributed by atoms with Crippen molar-refractivity contribution in [1.29, 1.82) is 0 Å². The third-order valence-electron chi connectivity index (χ3n) is 3.33. The molecular weight excluding hydrogens is 275 g/mol. The number of aryl methyl sites for hydroxylation is 1. The van der Waals surface area contributed by atoms with E-state index < -0.39 is 17.5 Å². The van der Waals surface area contributed by atoms with E-state index in [2.05, 4.69) is 19.2 Å². The lowest BCUT2D eigenvalue weighted by atomic mass is 9.97. The van der Waals surface area contributed by atoms with Gasteiger partial charge in [-0.25, -0.2) is 13.2 Å². The van der Waals surface area contributed by atoms with Crippen molar-refractivity contribution in [2.24, 2.45) is 0 Å². The van der Waals surface area contributed by atoms with E-state index >= 15 is 0 Å². The fourth-order valence-electron chi connectivity index (χ4n) is 2.19. The number of hydrogen-bond acceptors (Lipinski definition) is 1. The summed E-state index contributed by atoms with van der Waals surface area (Å²) in [4.78, 5) is 0. The van der Waals surface area contributed by atoms with Crippen LogP contribution in [0.1, 0.15) is 25.0 Å². The lowest BCUT2D eigenvalue weighted by Gasteiger charge is -2.12. The third-order valence-corrected chi connectivity index (χ3v) is 3.33. The molecule has 0 fully saturated rings. The Labute approximate surface area is 122 Å². The van der Waals surface area contributed by atoms with Crippen molar-refractivity contribution in [2.75, 3.05) is 0 Å². The van der Waals surface area contributed by atoms with Gasteiger partial charge in [0.15, 0.2) is 17.5 Å². The van der Waals surface area contributed by atoms with Crippen LogP contribution in [0.4, 0.5) is 13.2 Å². The van der Waals surface area contributed by atoms with Gasteiger partial charge in [-0.15, -0.1) is 0 Å². The summed E-state index contributed by atoms with van der Waals surface area (Å²) < 4.78 is 40.2. The Hall–Kier alpha value is -1.81. The molecule has 2 rings (SSSR count). The van der Waals surface area contributed by atoms with Crippen molar-refractivity contribution in [3.05, 3.63) is 58.9 Å². The summed E-state index contributed by atoms with van der Waals surface area (Å²) in [6, 6.07) is 8.10. The van der Waals surface area contributed by atoms with Crippen LogP contribution in [0.3, 0.4) is 0 Å². The summed E-state index contributed by atoms with van der Waals surface area (Å²) in [5, 5.41) is 3.29. The van der Waals surface area contributed by atoms with Gasteiger partial charge in [0, 0.05) is 18.2 Å². The number of benzene rings is 2. The molecule has 0 aliphatic heterocycles. The number of rotatable bonds is 4. The van der Waals surface area contributed by atoms with Crippen LogP contribution in [0.15, 0.2) is 30.3 Å². The fraction of sp³-hybridized carbons (Fsp3) is 0.294. The molecule has 0 spiro atoms. The summed E-state index contributed by atoms with van der Waals surface area (Å²) in [5.41, 5.74) is 2.53. The molecule has 1 nitrogen and oxygen atoms in total. The average molecular weight is 293 g/mol. The molecule has 0 saturated carbocycles. The summed E-state index contributed by atoms with van der Waals surface area (Å²) in [6.45, 7) is 6.64. The lowest BCUT2D eigenvalue weighted by molar-refractivity contribution is 0.449. The van der Waals surface area contributed by atoms with Crippen LogP contribution in [-0.4, -0.2) is 6.04 Å². The maximum absolute atomic E-state index is 13.9. The van der Waals surface area contributed by atoms with E-state index in [-0.39, 0.29) is 5.56 Å². The molecule has 0 bridgehead atoms. The van der Waals surface area contributed by atoms with E-state index in [4.69, 9.17) is 0 Å². The zero-order chi connectivity index (χ0) is 15.6. The predicted octanol–water partition coefficient (Wildman–Crippen LogP) is 4.58. The highest BCUT2D eigenvalue weighted by Gasteiger charge is 2.16. The molecule has 4 heteroatoms. The smallest absolute Gasteiger partial charge is 0.195 e. The van der Waals surface area contributed by atoms with E-state index in [1.165, 1.54) is 6.07 Å². The Morgan fingerprint density at radius 3 is 2.24 bits per heavy atom. The summed E-state index contributed by atoms with van der Waals surface area (Å²) in [7, 11) is 0. The van der Waals surface area contributed by atoms with E-state index in [9.17, 15) is 13.2 Å². The zero-order valence-corrected chi connectivity index (χ0v) is 12.3. The maximum atomic E-state index is 13.9. The van der Waals surface area contributed by atoms with Crippen LogP contribution >= 0.6 is 0 Å². The van der Waals surface area contributed by atoms with Crippen molar-refractivity contribution < 1.29 is 13.2 Å². The first-order chi connectivity index (χ1) is 9.90. The molecule has 2 aromatic carbocycles. The second-order valence-electron chi connectivity index (χ2n) is 5.41. The molecule has 0 saturated heterocycles. The van der Waals surface area contributed by atoms with Crippen LogP contribution in [-0.2, 0) is 6.54 Å². The Kier molecular flexibility index (Phi) is 4.68. The monoisotopic (exact) mass is 293 g/mol. The Bertz CT molecular complexity index is 651. The molecule has 0 aliphatic carbocycles. The minimum absolute atomic E-state index is 0.0785. The van der Waals surface area contributed by atoms with Crippen molar-refractivity contribution >= 4 is 0 Å². The molecule has 0 amide bonds. The van der Waals surface area contributed by atoms with Crippen LogP contribution in [0.25, 0.3) is 11.1 Å². The highest BCUT2D eigenvalue weighted by atomic mass is 19.2. The van der Waals surface area contributed by atoms with Gasteiger partial charge < -0.3 is 5.32 Å². The lowest BCUT2D eigenvalue weighted by Crippen LogP contribution is -2.21. The van der Waals surface area contributed by atoms with Gasteiger partial charge in [-0.2, -0.15) is 0 Å². The molecule has 112 valence electrons. The van der Waals surface area contributed by atoms with Crippen LogP contribution < -0.4 is 5.32 Å². The van der Waals surface area contributed by atoms with Gasteiger partial charge in [0.25, 0.3) is 0 Å². The molecular formula is C17H18F3N. The average Bonchev–Trinajstić information content (AvgIpc) is 2.44. The van der Waals surface area contributed by atoms with Crippen LogP contribution in [0.5, 0.6) is 0 Å². The molecule has 1 N–H and O–H groups in total. The first-order valence-electron chi connectivity index (χ1n) is 6.87. The Morgan fingerprint density at radius 1 is 0.952 bits per heavy atom. The van der Waals surface area contributed by atoms with Crippen molar-refractivity contribution in [2.45, 2.75) is 33.4 Å². The Balaban J connectivity index is 2.35. The largest absolute Gasteiger partial charge is 0.310 e. The molecule has 0 heterocycles. The highest BCUT2D eigenvalue weighted by Crippen LogP contribution is 2.29. The van der Waals surface area contributed by atoms with Crippen molar-refractivity contribution in [3.63, 3.8) is 0 Å². The van der Waals surface area contributed by atoms with E-state index in [0.717, 1.165) is 17.2 Å². The summed E-state index contributed by atoms with van der Waals surface area (Å²) in [5.74, 6) is -3.75. The molecule has 2 aromatic rings. The second kappa shape index (κ2) is 6.31. The van der Waals surface area contributed by atoms with E-state index in [0.29, 0.717) is 18.2 Å².